The van der Waals surface area contributed by atoms with E-state index >= 15 is 0 Å². The van der Waals surface area contributed by atoms with Crippen molar-refractivity contribution in [3.8, 4) is 5.75 Å². The average Bonchev–Trinajstić information content (AvgIpc) is 2.01. The van der Waals surface area contributed by atoms with E-state index in [1.165, 1.54) is 0 Å². The standard InChI is InChI=1S/C8H5F3O2/c1-3(12)6-7(10)4(9)2-5(13)8(6)11/h2,13H,1H3. The van der Waals surface area contributed by atoms with E-state index in [0.29, 0.717) is 0 Å². The van der Waals surface area contributed by atoms with E-state index in [1.807, 2.05) is 0 Å². The highest BCUT2D eigenvalue weighted by molar-refractivity contribution is 5.95. The van der Waals surface area contributed by atoms with Crippen molar-refractivity contribution >= 4 is 5.78 Å². The number of phenols is 1. The maximum absolute atomic E-state index is 12.8. The van der Waals surface area contributed by atoms with Crippen molar-refractivity contribution in [2.24, 2.45) is 0 Å². The minimum Gasteiger partial charge on any atom is -0.505 e. The van der Waals surface area contributed by atoms with Crippen molar-refractivity contribution in [1.82, 2.24) is 0 Å². The van der Waals surface area contributed by atoms with Crippen LogP contribution in [0.15, 0.2) is 6.07 Å². The SMILES string of the molecule is CC(=O)c1c(F)c(O)cc(F)c1F. The van der Waals surface area contributed by atoms with Crippen molar-refractivity contribution in [3.63, 3.8) is 0 Å². The zero-order valence-corrected chi connectivity index (χ0v) is 6.57. The first-order valence-electron chi connectivity index (χ1n) is 3.32. The Labute approximate surface area is 71.6 Å². The van der Waals surface area contributed by atoms with Crippen LogP contribution in [0.4, 0.5) is 13.2 Å². The summed E-state index contributed by atoms with van der Waals surface area (Å²) < 4.78 is 38.1. The van der Waals surface area contributed by atoms with Gasteiger partial charge in [-0.3, -0.25) is 4.79 Å². The van der Waals surface area contributed by atoms with E-state index in [2.05, 4.69) is 0 Å². The molecule has 0 spiro atoms. The zero-order chi connectivity index (χ0) is 10.2. The lowest BCUT2D eigenvalue weighted by molar-refractivity contribution is 0.100. The largest absolute Gasteiger partial charge is 0.505 e. The highest BCUT2D eigenvalue weighted by Gasteiger charge is 2.21. The molecule has 0 amide bonds. The van der Waals surface area contributed by atoms with Gasteiger partial charge in [-0.05, 0) is 6.92 Å². The summed E-state index contributed by atoms with van der Waals surface area (Å²) in [7, 11) is 0. The van der Waals surface area contributed by atoms with E-state index in [1.54, 1.807) is 0 Å². The normalized spacial score (nSPS) is 10.2. The minimum absolute atomic E-state index is 0.275. The molecule has 1 N–H and O–H groups in total. The summed E-state index contributed by atoms with van der Waals surface area (Å²) in [5.41, 5.74) is -1.06. The van der Waals surface area contributed by atoms with Crippen LogP contribution in [0.25, 0.3) is 0 Å². The third-order valence-electron chi connectivity index (χ3n) is 1.49. The van der Waals surface area contributed by atoms with Crippen LogP contribution < -0.4 is 0 Å². The molecule has 0 heterocycles. The first-order valence-corrected chi connectivity index (χ1v) is 3.32. The Morgan fingerprint density at radius 1 is 1.31 bits per heavy atom. The molecule has 1 rings (SSSR count). The molecule has 0 radical (unpaired) electrons. The predicted molar refractivity (Wildman–Crippen MR) is 38.0 cm³/mol. The summed E-state index contributed by atoms with van der Waals surface area (Å²) in [4.78, 5) is 10.6. The van der Waals surface area contributed by atoms with Gasteiger partial charge in [0.2, 0.25) is 0 Å². The molecule has 5 heteroatoms. The molecular formula is C8H5F3O2. The Bertz CT molecular complexity index is 348. The van der Waals surface area contributed by atoms with E-state index in [9.17, 15) is 18.0 Å². The second kappa shape index (κ2) is 3.08. The molecule has 1 aromatic rings. The number of hydrogen-bond donors (Lipinski definition) is 1. The molecule has 0 aliphatic rings. The Morgan fingerprint density at radius 2 is 1.85 bits per heavy atom. The second-order valence-corrected chi connectivity index (χ2v) is 2.44. The monoisotopic (exact) mass is 190 g/mol. The molecule has 0 aliphatic heterocycles. The summed E-state index contributed by atoms with van der Waals surface area (Å²) in [6.45, 7) is 0.875. The van der Waals surface area contributed by atoms with Crippen molar-refractivity contribution in [2.75, 3.05) is 0 Å². The number of aromatic hydroxyl groups is 1. The summed E-state index contributed by atoms with van der Waals surface area (Å²) in [6.07, 6.45) is 0. The van der Waals surface area contributed by atoms with Gasteiger partial charge in [0.1, 0.15) is 0 Å². The average molecular weight is 190 g/mol. The molecule has 0 bridgehead atoms. The van der Waals surface area contributed by atoms with Gasteiger partial charge in [-0.2, -0.15) is 0 Å². The molecule has 0 aromatic heterocycles. The van der Waals surface area contributed by atoms with Crippen LogP contribution in [-0.4, -0.2) is 10.9 Å². The van der Waals surface area contributed by atoms with Gasteiger partial charge in [0.15, 0.2) is 29.0 Å². The maximum atomic E-state index is 12.8. The number of carbonyl (C=O) groups excluding carboxylic acids is 1. The smallest absolute Gasteiger partial charge is 0.178 e. The number of carbonyl (C=O) groups is 1. The Balaban J connectivity index is 3.56. The Kier molecular flexibility index (Phi) is 2.27. The van der Waals surface area contributed by atoms with Crippen LogP contribution in [0.5, 0.6) is 5.75 Å². The number of benzene rings is 1. The quantitative estimate of drug-likeness (QED) is 0.543. The van der Waals surface area contributed by atoms with Crippen LogP contribution in [0, 0.1) is 17.5 Å². The number of hydrogen-bond acceptors (Lipinski definition) is 2. The molecule has 70 valence electrons. The number of ketones is 1. The van der Waals surface area contributed by atoms with Gasteiger partial charge in [-0.25, -0.2) is 13.2 Å². The third kappa shape index (κ3) is 1.49. The second-order valence-electron chi connectivity index (χ2n) is 2.44. The molecule has 0 aliphatic carbocycles. The summed E-state index contributed by atoms with van der Waals surface area (Å²) in [5, 5.41) is 8.72. The zero-order valence-electron chi connectivity index (χ0n) is 6.57. The van der Waals surface area contributed by atoms with E-state index in [0.717, 1.165) is 6.92 Å². The molecule has 0 fully saturated rings. The molecule has 0 atom stereocenters. The van der Waals surface area contributed by atoms with Crippen LogP contribution in [-0.2, 0) is 0 Å². The number of phenolic OH excluding ortho intramolecular Hbond substituents is 1. The Hall–Kier alpha value is -1.52. The lowest BCUT2D eigenvalue weighted by Crippen LogP contribution is -2.04. The van der Waals surface area contributed by atoms with Crippen LogP contribution in [0.3, 0.4) is 0 Å². The lowest BCUT2D eigenvalue weighted by Gasteiger charge is -2.03. The van der Waals surface area contributed by atoms with Crippen LogP contribution in [0.2, 0.25) is 0 Å². The fourth-order valence-corrected chi connectivity index (χ4v) is 0.900. The Morgan fingerprint density at radius 3 is 2.31 bits per heavy atom. The predicted octanol–water partition coefficient (Wildman–Crippen LogP) is 2.01. The topological polar surface area (TPSA) is 37.3 Å². The van der Waals surface area contributed by atoms with Gasteiger partial charge in [0, 0.05) is 6.07 Å². The fraction of sp³-hybridized carbons (Fsp3) is 0.125. The van der Waals surface area contributed by atoms with Gasteiger partial charge in [-0.15, -0.1) is 0 Å². The van der Waals surface area contributed by atoms with E-state index in [4.69, 9.17) is 5.11 Å². The molecular weight excluding hydrogens is 185 g/mol. The molecule has 0 saturated carbocycles. The highest BCUT2D eigenvalue weighted by atomic mass is 19.2. The minimum atomic E-state index is -1.58. The third-order valence-corrected chi connectivity index (χ3v) is 1.49. The van der Waals surface area contributed by atoms with Crippen LogP contribution >= 0.6 is 0 Å². The number of Topliss-reactive ketones (excluding diaryl/α,β-unsaturated/α-hetero) is 1. The van der Waals surface area contributed by atoms with Crippen molar-refractivity contribution in [3.05, 3.63) is 29.1 Å². The van der Waals surface area contributed by atoms with E-state index < -0.39 is 34.5 Å². The summed E-state index contributed by atoms with van der Waals surface area (Å²) in [5.74, 6) is -6.54. The van der Waals surface area contributed by atoms with Gasteiger partial charge < -0.3 is 5.11 Å². The number of halogens is 3. The van der Waals surface area contributed by atoms with Gasteiger partial charge in [0.05, 0.1) is 5.56 Å². The van der Waals surface area contributed by atoms with Crippen LogP contribution in [0.1, 0.15) is 17.3 Å². The summed E-state index contributed by atoms with van der Waals surface area (Å²) >= 11 is 0. The van der Waals surface area contributed by atoms with E-state index in [-0.39, 0.29) is 6.07 Å². The van der Waals surface area contributed by atoms with Gasteiger partial charge in [0.25, 0.3) is 0 Å². The molecule has 0 saturated heterocycles. The van der Waals surface area contributed by atoms with Crippen molar-refractivity contribution in [2.45, 2.75) is 6.92 Å². The molecule has 0 unspecified atom stereocenters. The maximum Gasteiger partial charge on any atom is 0.178 e. The fourth-order valence-electron chi connectivity index (χ4n) is 0.900. The van der Waals surface area contributed by atoms with Gasteiger partial charge in [-0.1, -0.05) is 0 Å². The molecule has 2 nitrogen and oxygen atoms in total. The summed E-state index contributed by atoms with van der Waals surface area (Å²) in [6, 6.07) is 0.275. The molecule has 1 aromatic carbocycles. The number of rotatable bonds is 1. The first kappa shape index (κ1) is 9.57. The highest BCUT2D eigenvalue weighted by Crippen LogP contribution is 2.24. The molecule has 13 heavy (non-hydrogen) atoms. The van der Waals surface area contributed by atoms with Gasteiger partial charge >= 0.3 is 0 Å². The van der Waals surface area contributed by atoms with Crippen molar-refractivity contribution < 1.29 is 23.1 Å². The van der Waals surface area contributed by atoms with Crippen molar-refractivity contribution in [1.29, 1.82) is 0 Å². The lowest BCUT2D eigenvalue weighted by atomic mass is 10.1. The first-order chi connectivity index (χ1) is 5.95.